The maximum absolute atomic E-state index is 9.00. The fourth-order valence-corrected chi connectivity index (χ4v) is 0.889. The van der Waals surface area contributed by atoms with Crippen LogP contribution >= 0.6 is 0 Å². The van der Waals surface area contributed by atoms with Crippen molar-refractivity contribution in [3.8, 4) is 0 Å². The molecule has 0 heterocycles. The van der Waals surface area contributed by atoms with Gasteiger partial charge in [-0.05, 0) is 0 Å². The van der Waals surface area contributed by atoms with Crippen LogP contribution in [-0.2, 0) is 0 Å². The molecule has 0 aromatic rings. The molecule has 0 aromatic carbocycles. The molecule has 0 aliphatic carbocycles. The van der Waals surface area contributed by atoms with Crippen molar-refractivity contribution < 1.29 is 20.4 Å². The summed E-state index contributed by atoms with van der Waals surface area (Å²) < 4.78 is 0. The number of hydrogen-bond donors (Lipinski definition) is 4. The van der Waals surface area contributed by atoms with Gasteiger partial charge in [-0.1, -0.05) is 0 Å². The van der Waals surface area contributed by atoms with E-state index in [1.54, 1.807) is 0 Å². The van der Waals surface area contributed by atoms with Gasteiger partial charge in [0.05, 0.1) is 0 Å². The molecule has 5 heteroatoms. The molecule has 0 saturated heterocycles. The summed E-state index contributed by atoms with van der Waals surface area (Å²) in [6.45, 7) is -0.715. The normalized spacial score (nSPS) is 20.1. The second-order valence-corrected chi connectivity index (χ2v) is 3.38. The first-order valence-corrected chi connectivity index (χ1v) is 3.97. The second-order valence-electron chi connectivity index (χ2n) is 1.99. The molecule has 10 heavy (non-hydrogen) atoms. The summed E-state index contributed by atoms with van der Waals surface area (Å²) >= 11 is 2.03. The van der Waals surface area contributed by atoms with Crippen LogP contribution in [0.5, 0.6) is 0 Å². The topological polar surface area (TPSA) is 80.9 Å². The molecule has 0 aliphatic rings. The quantitative estimate of drug-likeness (QED) is 0.387. The van der Waals surface area contributed by atoms with Crippen LogP contribution in [-0.4, -0.2) is 61.9 Å². The van der Waals surface area contributed by atoms with Crippen molar-refractivity contribution in [2.45, 2.75) is 17.0 Å². The minimum absolute atomic E-state index is 0.224. The SMILES string of the molecule is OC[C@@H](O)[C@H](O)[C@H]([SeH])CO. The summed E-state index contributed by atoms with van der Waals surface area (Å²) in [4.78, 5) is -0.463. The predicted molar refractivity (Wildman–Crippen MR) is 37.1 cm³/mol. The van der Waals surface area contributed by atoms with Gasteiger partial charge in [0, 0.05) is 0 Å². The number of aliphatic hydroxyl groups is 4. The number of rotatable bonds is 4. The van der Waals surface area contributed by atoms with Crippen molar-refractivity contribution in [2.24, 2.45) is 0 Å². The van der Waals surface area contributed by atoms with Gasteiger partial charge in [0.2, 0.25) is 0 Å². The average Bonchev–Trinajstić information content (AvgIpc) is 2.00. The summed E-state index contributed by atoms with van der Waals surface area (Å²) in [6, 6.07) is 0. The molecule has 0 rings (SSSR count). The van der Waals surface area contributed by atoms with E-state index in [9.17, 15) is 0 Å². The van der Waals surface area contributed by atoms with Gasteiger partial charge in [-0.15, -0.1) is 0 Å². The minimum atomic E-state index is -1.17. The van der Waals surface area contributed by atoms with Gasteiger partial charge in [0.15, 0.2) is 0 Å². The second kappa shape index (κ2) is 5.07. The van der Waals surface area contributed by atoms with Crippen molar-refractivity contribution >= 4 is 16.0 Å². The first-order valence-electron chi connectivity index (χ1n) is 2.89. The third kappa shape index (κ3) is 2.96. The molecule has 0 aromatic heterocycles. The maximum atomic E-state index is 9.00. The van der Waals surface area contributed by atoms with E-state index in [4.69, 9.17) is 20.4 Å². The van der Waals surface area contributed by atoms with Crippen LogP contribution in [0.15, 0.2) is 0 Å². The van der Waals surface area contributed by atoms with Crippen LogP contribution < -0.4 is 0 Å². The molecular formula is C5H12O4Se. The van der Waals surface area contributed by atoms with E-state index < -0.39 is 23.6 Å². The molecule has 0 fully saturated rings. The molecule has 3 atom stereocenters. The summed E-state index contributed by atoms with van der Waals surface area (Å²) in [5.74, 6) is 0. The Morgan fingerprint density at radius 3 is 1.90 bits per heavy atom. The molecule has 4 nitrogen and oxygen atoms in total. The Morgan fingerprint density at radius 2 is 1.60 bits per heavy atom. The standard InChI is InChI=1S/C5H12O4Se/c6-1-3(8)5(9)4(10)2-7/h3-10H,1-2H2/t3-,4-,5+/m1/s1. The van der Waals surface area contributed by atoms with Gasteiger partial charge in [-0.2, -0.15) is 0 Å². The van der Waals surface area contributed by atoms with Gasteiger partial charge in [0.1, 0.15) is 0 Å². The van der Waals surface area contributed by atoms with Crippen LogP contribution in [0.4, 0.5) is 0 Å². The van der Waals surface area contributed by atoms with Crippen molar-refractivity contribution in [1.82, 2.24) is 0 Å². The summed E-state index contributed by atoms with van der Waals surface area (Å²) in [7, 11) is 0. The third-order valence-electron chi connectivity index (χ3n) is 1.16. The van der Waals surface area contributed by atoms with Crippen LogP contribution in [0.1, 0.15) is 0 Å². The predicted octanol–water partition coefficient (Wildman–Crippen LogP) is -2.62. The summed E-state index contributed by atoms with van der Waals surface area (Å²) in [6.07, 6.45) is -2.24. The zero-order chi connectivity index (χ0) is 8.15. The van der Waals surface area contributed by atoms with E-state index in [-0.39, 0.29) is 6.61 Å². The van der Waals surface area contributed by atoms with Crippen LogP contribution in [0, 0.1) is 0 Å². The van der Waals surface area contributed by atoms with Gasteiger partial charge in [-0.3, -0.25) is 0 Å². The van der Waals surface area contributed by atoms with E-state index in [1.165, 1.54) is 0 Å². The van der Waals surface area contributed by atoms with Crippen molar-refractivity contribution in [2.75, 3.05) is 13.2 Å². The fraction of sp³-hybridized carbons (Fsp3) is 1.00. The molecule has 62 valence electrons. The van der Waals surface area contributed by atoms with Crippen molar-refractivity contribution in [1.29, 1.82) is 0 Å². The molecule has 0 unspecified atom stereocenters. The Labute approximate surface area is 67.3 Å². The van der Waals surface area contributed by atoms with E-state index in [0.29, 0.717) is 0 Å². The van der Waals surface area contributed by atoms with Gasteiger partial charge in [0.25, 0.3) is 0 Å². The fourth-order valence-electron chi connectivity index (χ4n) is 0.472. The van der Waals surface area contributed by atoms with Crippen LogP contribution in [0.25, 0.3) is 0 Å². The Hall–Kier alpha value is 0.359. The van der Waals surface area contributed by atoms with Gasteiger partial charge in [-0.25, -0.2) is 0 Å². The number of aliphatic hydroxyl groups excluding tert-OH is 4. The zero-order valence-electron chi connectivity index (χ0n) is 5.38. The Bertz CT molecular complexity index is 79.7. The monoisotopic (exact) mass is 216 g/mol. The van der Waals surface area contributed by atoms with Crippen molar-refractivity contribution in [3.05, 3.63) is 0 Å². The Kier molecular flexibility index (Phi) is 5.25. The summed E-state index contributed by atoms with van der Waals surface area (Å²) in [5.41, 5.74) is 0. The van der Waals surface area contributed by atoms with E-state index >= 15 is 0 Å². The molecule has 0 saturated carbocycles. The molecular weight excluding hydrogens is 203 g/mol. The van der Waals surface area contributed by atoms with Gasteiger partial charge >= 0.3 is 66.7 Å². The zero-order valence-corrected chi connectivity index (χ0v) is 7.26. The molecule has 0 amide bonds. The summed E-state index contributed by atoms with van der Waals surface area (Å²) in [5, 5.41) is 34.6. The van der Waals surface area contributed by atoms with Crippen LogP contribution in [0.2, 0.25) is 4.82 Å². The molecule has 0 spiro atoms. The van der Waals surface area contributed by atoms with E-state index in [2.05, 4.69) is 0 Å². The third-order valence-corrected chi connectivity index (χ3v) is 2.15. The molecule has 0 radical (unpaired) electrons. The van der Waals surface area contributed by atoms with Crippen molar-refractivity contribution in [3.63, 3.8) is 0 Å². The van der Waals surface area contributed by atoms with E-state index in [1.807, 2.05) is 16.0 Å². The Morgan fingerprint density at radius 1 is 1.10 bits per heavy atom. The Balaban J connectivity index is 3.69. The molecule has 0 aliphatic heterocycles. The van der Waals surface area contributed by atoms with Crippen LogP contribution in [0.3, 0.4) is 0 Å². The average molecular weight is 215 g/mol. The van der Waals surface area contributed by atoms with E-state index in [0.717, 1.165) is 0 Å². The molecule has 0 bridgehead atoms. The van der Waals surface area contributed by atoms with Gasteiger partial charge < -0.3 is 0 Å². The first kappa shape index (κ1) is 10.4. The number of hydrogen-bond acceptors (Lipinski definition) is 4. The first-order chi connectivity index (χ1) is 4.63. The molecule has 4 N–H and O–H groups in total.